The minimum Gasteiger partial charge on any atom is -0.390 e. The lowest BCUT2D eigenvalue weighted by Gasteiger charge is -2.33. The molecule has 0 aromatic heterocycles. The lowest BCUT2D eigenvalue weighted by atomic mass is 9.85. The Balaban J connectivity index is 2.02. The molecule has 0 spiro atoms. The van der Waals surface area contributed by atoms with Gasteiger partial charge in [-0.2, -0.15) is 0 Å². The lowest BCUT2D eigenvalue weighted by molar-refractivity contribution is -0.0132. The molecule has 4 unspecified atom stereocenters. The Labute approximate surface area is 88.4 Å². The van der Waals surface area contributed by atoms with E-state index in [0.29, 0.717) is 12.5 Å². The fourth-order valence-electron chi connectivity index (χ4n) is 2.24. The van der Waals surface area contributed by atoms with E-state index in [1.165, 1.54) is 4.91 Å². The van der Waals surface area contributed by atoms with Crippen molar-refractivity contribution in [2.24, 2.45) is 11.7 Å². The molecule has 0 aromatic carbocycles. The third kappa shape index (κ3) is 1.84. The minimum atomic E-state index is -0.565. The molecular weight excluding hydrogens is 198 g/mol. The molecule has 0 amide bonds. The zero-order valence-corrected chi connectivity index (χ0v) is 8.91. The van der Waals surface area contributed by atoms with Crippen molar-refractivity contribution in [1.82, 2.24) is 0 Å². The van der Waals surface area contributed by atoms with E-state index in [1.54, 1.807) is 11.8 Å². The number of hydrogen-bond donors (Lipinski definition) is 3. The van der Waals surface area contributed by atoms with Crippen LogP contribution in [0.1, 0.15) is 19.3 Å². The molecule has 1 aliphatic heterocycles. The maximum Gasteiger partial charge on any atom is 0.0926 e. The van der Waals surface area contributed by atoms with Gasteiger partial charge < -0.3 is 15.9 Å². The molecule has 0 radical (unpaired) electrons. The van der Waals surface area contributed by atoms with Crippen molar-refractivity contribution in [2.75, 3.05) is 6.54 Å². The summed E-state index contributed by atoms with van der Waals surface area (Å²) in [5.74, 6) is 0.444. The van der Waals surface area contributed by atoms with Crippen LogP contribution >= 0.6 is 11.8 Å². The van der Waals surface area contributed by atoms with E-state index in [1.807, 2.05) is 0 Å². The molecule has 1 fully saturated rings. The topological polar surface area (TPSA) is 66.5 Å². The van der Waals surface area contributed by atoms with E-state index in [9.17, 15) is 10.2 Å². The lowest BCUT2D eigenvalue weighted by Crippen LogP contribution is -2.42. The quantitative estimate of drug-likeness (QED) is 0.626. The normalized spacial score (nSPS) is 42.1. The highest BCUT2D eigenvalue weighted by atomic mass is 32.2. The van der Waals surface area contributed by atoms with Gasteiger partial charge >= 0.3 is 0 Å². The Morgan fingerprint density at radius 2 is 2.21 bits per heavy atom. The van der Waals surface area contributed by atoms with Crippen molar-refractivity contribution >= 4 is 11.8 Å². The molecule has 2 aliphatic rings. The van der Waals surface area contributed by atoms with Gasteiger partial charge in [-0.1, -0.05) is 6.08 Å². The predicted octanol–water partition coefficient (Wildman–Crippen LogP) is 0.466. The van der Waals surface area contributed by atoms with Crippen LogP contribution in [0.15, 0.2) is 11.0 Å². The SMILES string of the molecule is NCCC1=CC2CCC(O)C(O)C2S1. The first-order valence-electron chi connectivity index (χ1n) is 5.16. The summed E-state index contributed by atoms with van der Waals surface area (Å²) in [6.45, 7) is 0.664. The van der Waals surface area contributed by atoms with E-state index in [-0.39, 0.29) is 5.25 Å². The van der Waals surface area contributed by atoms with Gasteiger partial charge in [0.2, 0.25) is 0 Å². The average Bonchev–Trinajstić information content (AvgIpc) is 2.56. The second-order valence-electron chi connectivity index (χ2n) is 4.05. The summed E-state index contributed by atoms with van der Waals surface area (Å²) in [6.07, 6.45) is 3.75. The van der Waals surface area contributed by atoms with E-state index in [4.69, 9.17) is 5.73 Å². The number of aliphatic hydroxyl groups excluding tert-OH is 2. The van der Waals surface area contributed by atoms with E-state index < -0.39 is 12.2 Å². The molecule has 4 N–H and O–H groups in total. The Bertz CT molecular complexity index is 244. The number of nitrogens with two attached hydrogens (primary N) is 1. The van der Waals surface area contributed by atoms with Crippen LogP contribution in [0.2, 0.25) is 0 Å². The highest BCUT2D eigenvalue weighted by molar-refractivity contribution is 8.04. The van der Waals surface area contributed by atoms with Crippen molar-refractivity contribution in [3.8, 4) is 0 Å². The summed E-state index contributed by atoms with van der Waals surface area (Å²) in [7, 11) is 0. The number of aliphatic hydroxyl groups is 2. The summed E-state index contributed by atoms with van der Waals surface area (Å²) in [6, 6.07) is 0. The molecule has 1 aliphatic carbocycles. The van der Waals surface area contributed by atoms with Gasteiger partial charge in [0, 0.05) is 5.25 Å². The van der Waals surface area contributed by atoms with Gasteiger partial charge in [-0.05, 0) is 36.6 Å². The second kappa shape index (κ2) is 4.23. The van der Waals surface area contributed by atoms with Crippen LogP contribution in [0.5, 0.6) is 0 Å². The molecule has 4 atom stereocenters. The van der Waals surface area contributed by atoms with Crippen molar-refractivity contribution in [1.29, 1.82) is 0 Å². The monoisotopic (exact) mass is 215 g/mol. The molecular formula is C10H17NO2S. The Hall–Kier alpha value is -0.0300. The summed E-state index contributed by atoms with van der Waals surface area (Å²) in [4.78, 5) is 1.29. The number of allylic oxidation sites excluding steroid dienone is 1. The number of fused-ring (bicyclic) bond motifs is 1. The third-order valence-corrected chi connectivity index (χ3v) is 4.57. The van der Waals surface area contributed by atoms with Crippen LogP contribution in [-0.2, 0) is 0 Å². The first-order valence-corrected chi connectivity index (χ1v) is 6.04. The first kappa shape index (κ1) is 10.5. The molecule has 0 bridgehead atoms. The van der Waals surface area contributed by atoms with Crippen LogP contribution in [0.3, 0.4) is 0 Å². The highest BCUT2D eigenvalue weighted by Gasteiger charge is 2.40. The molecule has 3 nitrogen and oxygen atoms in total. The van der Waals surface area contributed by atoms with Gasteiger partial charge in [-0.15, -0.1) is 11.8 Å². The van der Waals surface area contributed by atoms with Gasteiger partial charge in [-0.3, -0.25) is 0 Å². The van der Waals surface area contributed by atoms with Crippen LogP contribution in [-0.4, -0.2) is 34.2 Å². The van der Waals surface area contributed by atoms with E-state index in [0.717, 1.165) is 19.3 Å². The molecule has 1 heterocycles. The standard InChI is InChI=1S/C10H17NO2S/c11-4-3-7-5-6-1-2-8(12)9(13)10(6)14-7/h5-6,8-10,12-13H,1-4,11H2. The smallest absolute Gasteiger partial charge is 0.0926 e. The van der Waals surface area contributed by atoms with Crippen molar-refractivity contribution in [3.05, 3.63) is 11.0 Å². The third-order valence-electron chi connectivity index (χ3n) is 3.03. The molecule has 80 valence electrons. The van der Waals surface area contributed by atoms with E-state index in [2.05, 4.69) is 6.08 Å². The number of thioether (sulfide) groups is 1. The van der Waals surface area contributed by atoms with Gasteiger partial charge in [0.25, 0.3) is 0 Å². The second-order valence-corrected chi connectivity index (χ2v) is 5.36. The average molecular weight is 215 g/mol. The highest BCUT2D eigenvalue weighted by Crippen LogP contribution is 2.45. The Morgan fingerprint density at radius 1 is 1.43 bits per heavy atom. The van der Waals surface area contributed by atoms with Crippen LogP contribution in [0, 0.1) is 5.92 Å². The molecule has 0 saturated heterocycles. The van der Waals surface area contributed by atoms with Gasteiger partial charge in [0.05, 0.1) is 12.2 Å². The Kier molecular flexibility index (Phi) is 3.17. The summed E-state index contributed by atoms with van der Waals surface area (Å²) in [5.41, 5.74) is 5.49. The summed E-state index contributed by atoms with van der Waals surface area (Å²) in [5, 5.41) is 19.5. The van der Waals surface area contributed by atoms with Crippen molar-refractivity contribution in [2.45, 2.75) is 36.7 Å². The molecule has 2 rings (SSSR count). The van der Waals surface area contributed by atoms with Crippen molar-refractivity contribution < 1.29 is 10.2 Å². The van der Waals surface area contributed by atoms with Crippen LogP contribution < -0.4 is 5.73 Å². The van der Waals surface area contributed by atoms with Gasteiger partial charge in [0.1, 0.15) is 0 Å². The molecule has 4 heteroatoms. The fraction of sp³-hybridized carbons (Fsp3) is 0.800. The predicted molar refractivity (Wildman–Crippen MR) is 57.9 cm³/mol. The minimum absolute atomic E-state index is 0.167. The maximum atomic E-state index is 9.80. The molecule has 1 saturated carbocycles. The molecule has 14 heavy (non-hydrogen) atoms. The number of rotatable bonds is 2. The largest absolute Gasteiger partial charge is 0.390 e. The van der Waals surface area contributed by atoms with Crippen molar-refractivity contribution in [3.63, 3.8) is 0 Å². The zero-order chi connectivity index (χ0) is 10.1. The zero-order valence-electron chi connectivity index (χ0n) is 8.10. The van der Waals surface area contributed by atoms with E-state index >= 15 is 0 Å². The number of hydrogen-bond acceptors (Lipinski definition) is 4. The van der Waals surface area contributed by atoms with Gasteiger partial charge in [0.15, 0.2) is 0 Å². The maximum absolute atomic E-state index is 9.80. The summed E-state index contributed by atoms with van der Waals surface area (Å²) >= 11 is 1.70. The molecule has 0 aromatic rings. The Morgan fingerprint density at radius 3 is 2.93 bits per heavy atom. The van der Waals surface area contributed by atoms with Gasteiger partial charge in [-0.25, -0.2) is 0 Å². The fourth-order valence-corrected chi connectivity index (χ4v) is 3.79. The van der Waals surface area contributed by atoms with Crippen LogP contribution in [0.4, 0.5) is 0 Å². The summed E-state index contributed by atoms with van der Waals surface area (Å²) < 4.78 is 0. The first-order chi connectivity index (χ1) is 6.72. The van der Waals surface area contributed by atoms with Crippen LogP contribution in [0.25, 0.3) is 0 Å².